The highest BCUT2D eigenvalue weighted by Gasteiger charge is 2.21. The van der Waals surface area contributed by atoms with Gasteiger partial charge < -0.3 is 20.9 Å². The van der Waals surface area contributed by atoms with Gasteiger partial charge in [-0.25, -0.2) is 9.78 Å². The number of carbonyl (C=O) groups is 2. The summed E-state index contributed by atoms with van der Waals surface area (Å²) in [4.78, 5) is 26.9. The van der Waals surface area contributed by atoms with Gasteiger partial charge in [0, 0.05) is 24.2 Å². The number of alkyl halides is 1. The number of carbonyl (C=O) groups excluding carboxylic acids is 1. The Hall–Kier alpha value is -1.48. The Morgan fingerprint density at radius 1 is 1.50 bits per heavy atom. The number of ether oxygens (including phenoxy) is 1. The molecule has 4 N–H and O–H groups in total. The van der Waals surface area contributed by atoms with E-state index in [2.05, 4.69) is 10.3 Å². The summed E-state index contributed by atoms with van der Waals surface area (Å²) in [6.07, 6.45) is 4.56. The molecule has 1 heterocycles. The fourth-order valence-electron chi connectivity index (χ4n) is 1.94. The second kappa shape index (κ2) is 12.0. The van der Waals surface area contributed by atoms with E-state index >= 15 is 0 Å². The SMILES string of the molecule is CC(C)[C@H](N)C(=O)O[C@H](/C=C/CCCl)CCNCc1nc(C(=O)O)cs1. The molecule has 0 radical (unpaired) electrons. The van der Waals surface area contributed by atoms with Crippen LogP contribution in [0.3, 0.4) is 0 Å². The highest BCUT2D eigenvalue weighted by molar-refractivity contribution is 7.09. The highest BCUT2D eigenvalue weighted by Crippen LogP contribution is 2.10. The van der Waals surface area contributed by atoms with Crippen molar-refractivity contribution >= 4 is 34.9 Å². The number of allylic oxidation sites excluding steroid dienone is 1. The maximum atomic E-state index is 12.1. The van der Waals surface area contributed by atoms with Crippen molar-refractivity contribution in [1.29, 1.82) is 0 Å². The summed E-state index contributed by atoms with van der Waals surface area (Å²) in [6, 6.07) is -0.656. The van der Waals surface area contributed by atoms with Crippen LogP contribution in [0.1, 0.15) is 42.2 Å². The summed E-state index contributed by atoms with van der Waals surface area (Å²) in [5, 5.41) is 14.2. The van der Waals surface area contributed by atoms with E-state index in [-0.39, 0.29) is 11.6 Å². The number of nitrogens with one attached hydrogen (secondary N) is 1. The van der Waals surface area contributed by atoms with Crippen LogP contribution in [-0.2, 0) is 16.1 Å². The van der Waals surface area contributed by atoms with Crippen LogP contribution in [0.15, 0.2) is 17.5 Å². The molecule has 0 aromatic carbocycles. The number of hydrogen-bond acceptors (Lipinski definition) is 7. The lowest BCUT2D eigenvalue weighted by Crippen LogP contribution is -2.39. The fraction of sp³-hybridized carbons (Fsp3) is 0.588. The van der Waals surface area contributed by atoms with Gasteiger partial charge in [-0.2, -0.15) is 0 Å². The van der Waals surface area contributed by atoms with Crippen molar-refractivity contribution in [3.8, 4) is 0 Å². The smallest absolute Gasteiger partial charge is 0.355 e. The largest absolute Gasteiger partial charge is 0.476 e. The first kappa shape index (κ1) is 22.6. The van der Waals surface area contributed by atoms with Crippen LogP contribution in [0.4, 0.5) is 0 Å². The van der Waals surface area contributed by atoms with E-state index in [4.69, 9.17) is 27.2 Å². The van der Waals surface area contributed by atoms with Crippen molar-refractivity contribution in [2.24, 2.45) is 11.7 Å². The van der Waals surface area contributed by atoms with Crippen molar-refractivity contribution < 1.29 is 19.4 Å². The van der Waals surface area contributed by atoms with Gasteiger partial charge in [0.15, 0.2) is 5.69 Å². The lowest BCUT2D eigenvalue weighted by molar-refractivity contribution is -0.149. The average Bonchev–Trinajstić information content (AvgIpc) is 3.07. The van der Waals surface area contributed by atoms with Gasteiger partial charge >= 0.3 is 11.9 Å². The molecule has 0 aliphatic heterocycles. The predicted octanol–water partition coefficient (Wildman–Crippen LogP) is 2.40. The van der Waals surface area contributed by atoms with Crippen molar-refractivity contribution in [3.63, 3.8) is 0 Å². The molecule has 0 amide bonds. The van der Waals surface area contributed by atoms with Gasteiger partial charge in [-0.15, -0.1) is 22.9 Å². The van der Waals surface area contributed by atoms with Gasteiger partial charge in [-0.1, -0.05) is 19.9 Å². The number of halogens is 1. The Balaban J connectivity index is 2.48. The molecule has 0 fully saturated rings. The minimum Gasteiger partial charge on any atom is -0.476 e. The lowest BCUT2D eigenvalue weighted by Gasteiger charge is -2.19. The van der Waals surface area contributed by atoms with Crippen LogP contribution in [-0.4, -0.2) is 46.6 Å². The number of esters is 1. The maximum absolute atomic E-state index is 12.1. The average molecular weight is 404 g/mol. The van der Waals surface area contributed by atoms with Gasteiger partial charge in [0.1, 0.15) is 17.2 Å². The fourth-order valence-corrected chi connectivity index (χ4v) is 2.80. The van der Waals surface area contributed by atoms with E-state index in [1.165, 1.54) is 16.7 Å². The Kier molecular flexibility index (Phi) is 10.4. The third-order valence-electron chi connectivity index (χ3n) is 3.54. The zero-order chi connectivity index (χ0) is 19.5. The summed E-state index contributed by atoms with van der Waals surface area (Å²) >= 11 is 6.95. The molecule has 0 aliphatic rings. The number of hydrogen-bond donors (Lipinski definition) is 3. The highest BCUT2D eigenvalue weighted by atomic mass is 35.5. The second-order valence-corrected chi connectivity index (χ2v) is 7.37. The van der Waals surface area contributed by atoms with Crippen LogP contribution in [0.2, 0.25) is 0 Å². The maximum Gasteiger partial charge on any atom is 0.355 e. The number of thiazole rings is 1. The quantitative estimate of drug-likeness (QED) is 0.212. The van der Waals surface area contributed by atoms with E-state index in [1.807, 2.05) is 26.0 Å². The summed E-state index contributed by atoms with van der Waals surface area (Å²) in [5.74, 6) is -0.963. The molecule has 7 nitrogen and oxygen atoms in total. The number of carboxylic acids is 1. The first-order chi connectivity index (χ1) is 12.3. The van der Waals surface area contributed by atoms with Crippen molar-refractivity contribution in [2.45, 2.75) is 45.4 Å². The van der Waals surface area contributed by atoms with Crippen molar-refractivity contribution in [2.75, 3.05) is 12.4 Å². The second-order valence-electron chi connectivity index (χ2n) is 6.05. The number of carboxylic acid groups (broad SMARTS) is 1. The molecule has 0 unspecified atom stereocenters. The van der Waals surface area contributed by atoms with Gasteiger partial charge in [0.2, 0.25) is 0 Å². The molecule has 0 aliphatic carbocycles. The van der Waals surface area contributed by atoms with Gasteiger partial charge in [-0.05, 0) is 25.0 Å². The summed E-state index contributed by atoms with van der Waals surface area (Å²) in [6.45, 7) is 4.76. The van der Waals surface area contributed by atoms with Crippen LogP contribution in [0.5, 0.6) is 0 Å². The molecular weight excluding hydrogens is 378 g/mol. The minimum absolute atomic E-state index is 0.00132. The van der Waals surface area contributed by atoms with Crippen molar-refractivity contribution in [3.05, 3.63) is 28.2 Å². The zero-order valence-electron chi connectivity index (χ0n) is 15.0. The molecule has 26 heavy (non-hydrogen) atoms. The van der Waals surface area contributed by atoms with Gasteiger partial charge in [-0.3, -0.25) is 4.79 Å². The molecule has 1 aromatic rings. The van der Waals surface area contributed by atoms with E-state index in [0.717, 1.165) is 0 Å². The van der Waals surface area contributed by atoms with Gasteiger partial charge in [0.05, 0.1) is 0 Å². The lowest BCUT2D eigenvalue weighted by atomic mass is 10.1. The number of nitrogens with two attached hydrogens (primary N) is 1. The summed E-state index contributed by atoms with van der Waals surface area (Å²) in [7, 11) is 0. The first-order valence-electron chi connectivity index (χ1n) is 8.42. The van der Waals surface area contributed by atoms with Crippen LogP contribution < -0.4 is 11.1 Å². The predicted molar refractivity (Wildman–Crippen MR) is 103 cm³/mol. The van der Waals surface area contributed by atoms with Crippen molar-refractivity contribution in [1.82, 2.24) is 10.3 Å². The van der Waals surface area contributed by atoms with E-state index in [9.17, 15) is 9.59 Å². The van der Waals surface area contributed by atoms with Crippen LogP contribution in [0, 0.1) is 5.92 Å². The molecule has 0 bridgehead atoms. The minimum atomic E-state index is -1.04. The molecule has 0 spiro atoms. The Bertz CT molecular complexity index is 607. The molecular formula is C17H26ClN3O4S. The number of nitrogens with zero attached hydrogens (tertiary/aromatic N) is 1. The third kappa shape index (κ3) is 8.27. The third-order valence-corrected chi connectivity index (χ3v) is 4.60. The molecule has 1 rings (SSSR count). The molecule has 2 atom stereocenters. The standard InChI is InChI=1S/C17H26ClN3O4S/c1-11(2)15(19)17(24)25-12(5-3-4-7-18)6-8-20-9-14-21-13(10-26-14)16(22)23/h3,5,10-12,15,20H,4,6-9,19H2,1-2H3,(H,22,23)/b5-3+/t12-,15+/m1/s1. The number of aromatic nitrogens is 1. The summed E-state index contributed by atoms with van der Waals surface area (Å²) < 4.78 is 5.48. The Morgan fingerprint density at radius 2 is 2.23 bits per heavy atom. The molecule has 0 saturated heterocycles. The Labute approximate surface area is 162 Å². The van der Waals surface area contributed by atoms with Crippen LogP contribution >= 0.6 is 22.9 Å². The molecule has 146 valence electrons. The molecule has 1 aromatic heterocycles. The van der Waals surface area contributed by atoms with Gasteiger partial charge in [0.25, 0.3) is 0 Å². The zero-order valence-corrected chi connectivity index (χ0v) is 16.6. The normalized spacial score (nSPS) is 13.9. The number of aromatic carboxylic acids is 1. The Morgan fingerprint density at radius 3 is 2.81 bits per heavy atom. The topological polar surface area (TPSA) is 115 Å². The molecule has 9 heteroatoms. The van der Waals surface area contributed by atoms with E-state index in [0.29, 0.717) is 36.8 Å². The summed E-state index contributed by atoms with van der Waals surface area (Å²) in [5.41, 5.74) is 5.88. The monoisotopic (exact) mass is 403 g/mol. The number of rotatable bonds is 12. The van der Waals surface area contributed by atoms with Crippen LogP contribution in [0.25, 0.3) is 0 Å². The van der Waals surface area contributed by atoms with E-state index in [1.54, 1.807) is 0 Å². The first-order valence-corrected chi connectivity index (χ1v) is 9.83. The molecule has 0 saturated carbocycles. The van der Waals surface area contributed by atoms with E-state index < -0.39 is 24.1 Å².